The van der Waals surface area contributed by atoms with Gasteiger partial charge in [0.25, 0.3) is 0 Å². The zero-order valence-corrected chi connectivity index (χ0v) is 9.33. The van der Waals surface area contributed by atoms with Gasteiger partial charge in [0.05, 0.1) is 0 Å². The molecule has 0 aromatic heterocycles. The normalized spacial score (nSPS) is 29.9. The summed E-state index contributed by atoms with van der Waals surface area (Å²) >= 11 is 0. The van der Waals surface area contributed by atoms with Crippen molar-refractivity contribution < 1.29 is 9.90 Å². The van der Waals surface area contributed by atoms with Crippen molar-refractivity contribution in [1.82, 2.24) is 0 Å². The molecule has 14 heavy (non-hydrogen) atoms. The predicted molar refractivity (Wildman–Crippen MR) is 57.0 cm³/mol. The number of hydrogen-bond donors (Lipinski definition) is 1. The molecule has 0 aromatic carbocycles. The number of aliphatic hydroxyl groups is 1. The van der Waals surface area contributed by atoms with Gasteiger partial charge in [-0.25, -0.2) is 0 Å². The van der Waals surface area contributed by atoms with Crippen molar-refractivity contribution in [3.05, 3.63) is 0 Å². The second kappa shape index (κ2) is 5.50. The van der Waals surface area contributed by atoms with Crippen molar-refractivity contribution in [2.75, 3.05) is 0 Å². The van der Waals surface area contributed by atoms with Crippen LogP contribution in [0.1, 0.15) is 52.4 Å². The molecule has 1 rings (SSSR count). The number of hydrogen-bond acceptors (Lipinski definition) is 2. The van der Waals surface area contributed by atoms with E-state index in [2.05, 4.69) is 6.92 Å². The third kappa shape index (κ3) is 2.81. The minimum absolute atomic E-state index is 0.0852. The highest BCUT2D eigenvalue weighted by Gasteiger charge is 2.28. The summed E-state index contributed by atoms with van der Waals surface area (Å²) < 4.78 is 0. The molecule has 2 heteroatoms. The van der Waals surface area contributed by atoms with Crippen LogP contribution in [0.15, 0.2) is 0 Å². The van der Waals surface area contributed by atoms with Crippen molar-refractivity contribution in [2.24, 2.45) is 11.8 Å². The molecule has 0 aliphatic heterocycles. The maximum atomic E-state index is 11.7. The molecule has 0 amide bonds. The van der Waals surface area contributed by atoms with Crippen molar-refractivity contribution >= 4 is 5.78 Å². The number of Topliss-reactive ketones (excluding diaryl/α,β-unsaturated/α-hetero) is 1. The van der Waals surface area contributed by atoms with Gasteiger partial charge in [-0.15, -0.1) is 0 Å². The van der Waals surface area contributed by atoms with Gasteiger partial charge in [-0.2, -0.15) is 0 Å². The summed E-state index contributed by atoms with van der Waals surface area (Å²) in [6.07, 6.45) is 5.41. The van der Waals surface area contributed by atoms with Crippen LogP contribution in [0.2, 0.25) is 0 Å². The van der Waals surface area contributed by atoms with Gasteiger partial charge in [0.1, 0.15) is 6.10 Å². The van der Waals surface area contributed by atoms with Gasteiger partial charge in [0.15, 0.2) is 5.78 Å². The molecule has 2 nitrogen and oxygen atoms in total. The molecule has 82 valence electrons. The summed E-state index contributed by atoms with van der Waals surface area (Å²) in [4.78, 5) is 11.7. The maximum absolute atomic E-state index is 11.7. The van der Waals surface area contributed by atoms with Gasteiger partial charge in [-0.1, -0.05) is 20.3 Å². The van der Waals surface area contributed by atoms with Crippen LogP contribution in [0.25, 0.3) is 0 Å². The van der Waals surface area contributed by atoms with Crippen LogP contribution in [-0.4, -0.2) is 17.0 Å². The lowest BCUT2D eigenvalue weighted by Crippen LogP contribution is -2.30. The molecule has 1 N–H and O–H groups in total. The number of rotatable bonds is 4. The van der Waals surface area contributed by atoms with Crippen molar-refractivity contribution in [1.29, 1.82) is 0 Å². The first-order chi connectivity index (χ1) is 6.69. The molecule has 0 aromatic rings. The third-order valence-electron chi connectivity index (χ3n) is 3.54. The summed E-state index contributed by atoms with van der Waals surface area (Å²) in [6, 6.07) is 0. The average molecular weight is 198 g/mol. The van der Waals surface area contributed by atoms with Crippen LogP contribution >= 0.6 is 0 Å². The van der Waals surface area contributed by atoms with Gasteiger partial charge >= 0.3 is 0 Å². The highest BCUT2D eigenvalue weighted by molar-refractivity contribution is 5.85. The summed E-state index contributed by atoms with van der Waals surface area (Å²) in [5, 5.41) is 9.45. The van der Waals surface area contributed by atoms with Crippen LogP contribution in [0.4, 0.5) is 0 Å². The molecule has 1 aliphatic carbocycles. The lowest BCUT2D eigenvalue weighted by atomic mass is 9.78. The van der Waals surface area contributed by atoms with Gasteiger partial charge in [0.2, 0.25) is 0 Å². The van der Waals surface area contributed by atoms with E-state index in [9.17, 15) is 9.90 Å². The molecule has 0 saturated heterocycles. The predicted octanol–water partition coefficient (Wildman–Crippen LogP) is 2.54. The molecule has 1 unspecified atom stereocenters. The lowest BCUT2D eigenvalue weighted by Gasteiger charge is -2.27. The van der Waals surface area contributed by atoms with E-state index in [0.717, 1.165) is 18.8 Å². The summed E-state index contributed by atoms with van der Waals surface area (Å²) in [5.41, 5.74) is 0. The monoisotopic (exact) mass is 198 g/mol. The molecule has 1 saturated carbocycles. The van der Waals surface area contributed by atoms with E-state index in [4.69, 9.17) is 0 Å². The van der Waals surface area contributed by atoms with Gasteiger partial charge in [-0.3, -0.25) is 4.79 Å². The Balaban J connectivity index is 2.37. The molecular weight excluding hydrogens is 176 g/mol. The van der Waals surface area contributed by atoms with E-state index in [1.54, 1.807) is 0 Å². The SMILES string of the molecule is CCC1CCC(C(=O)C(O)CC)CC1. The zero-order valence-electron chi connectivity index (χ0n) is 9.33. The van der Waals surface area contributed by atoms with Crippen molar-refractivity contribution in [2.45, 2.75) is 58.5 Å². The quantitative estimate of drug-likeness (QED) is 0.753. The Bertz CT molecular complexity index is 181. The minimum Gasteiger partial charge on any atom is -0.385 e. The first-order valence-electron chi connectivity index (χ1n) is 5.90. The number of carbonyl (C=O) groups excluding carboxylic acids is 1. The van der Waals surface area contributed by atoms with Crippen LogP contribution in [0.5, 0.6) is 0 Å². The molecule has 0 heterocycles. The third-order valence-corrected chi connectivity index (χ3v) is 3.54. The average Bonchev–Trinajstić information content (AvgIpc) is 2.27. The number of ketones is 1. The highest BCUT2D eigenvalue weighted by atomic mass is 16.3. The van der Waals surface area contributed by atoms with Crippen LogP contribution in [0.3, 0.4) is 0 Å². The summed E-state index contributed by atoms with van der Waals surface area (Å²) in [6.45, 7) is 4.08. The number of aliphatic hydroxyl groups excluding tert-OH is 1. The standard InChI is InChI=1S/C12H22O2/c1-3-9-5-7-10(8-6-9)12(14)11(13)4-2/h9-11,13H,3-8H2,1-2H3. The first kappa shape index (κ1) is 11.7. The minimum atomic E-state index is -0.710. The number of carbonyl (C=O) groups is 1. The van der Waals surface area contributed by atoms with E-state index >= 15 is 0 Å². The Morgan fingerprint density at radius 3 is 2.29 bits per heavy atom. The Hall–Kier alpha value is -0.370. The Labute approximate surface area is 86.7 Å². The van der Waals surface area contributed by atoms with Gasteiger partial charge < -0.3 is 5.11 Å². The van der Waals surface area contributed by atoms with Gasteiger partial charge in [-0.05, 0) is 38.0 Å². The van der Waals surface area contributed by atoms with E-state index < -0.39 is 6.10 Å². The summed E-state index contributed by atoms with van der Waals surface area (Å²) in [5.74, 6) is 1.05. The van der Waals surface area contributed by atoms with Crippen molar-refractivity contribution in [3.63, 3.8) is 0 Å². The molecular formula is C12H22O2. The second-order valence-corrected chi connectivity index (χ2v) is 4.45. The van der Waals surface area contributed by atoms with Crippen LogP contribution in [-0.2, 0) is 4.79 Å². The van der Waals surface area contributed by atoms with E-state index in [1.165, 1.54) is 19.3 Å². The van der Waals surface area contributed by atoms with Crippen molar-refractivity contribution in [3.8, 4) is 0 Å². The maximum Gasteiger partial charge on any atom is 0.164 e. The van der Waals surface area contributed by atoms with E-state index in [0.29, 0.717) is 6.42 Å². The molecule has 1 fully saturated rings. The molecule has 1 aliphatic rings. The fourth-order valence-corrected chi connectivity index (χ4v) is 2.33. The Kier molecular flexibility index (Phi) is 4.59. The summed E-state index contributed by atoms with van der Waals surface area (Å²) in [7, 11) is 0. The fraction of sp³-hybridized carbons (Fsp3) is 0.917. The van der Waals surface area contributed by atoms with E-state index in [-0.39, 0.29) is 11.7 Å². The van der Waals surface area contributed by atoms with Gasteiger partial charge in [0, 0.05) is 5.92 Å². The topological polar surface area (TPSA) is 37.3 Å². The Morgan fingerprint density at radius 2 is 1.86 bits per heavy atom. The smallest absolute Gasteiger partial charge is 0.164 e. The Morgan fingerprint density at radius 1 is 1.29 bits per heavy atom. The molecule has 0 bridgehead atoms. The molecule has 1 atom stereocenters. The van der Waals surface area contributed by atoms with E-state index in [1.807, 2.05) is 6.92 Å². The molecule has 0 radical (unpaired) electrons. The largest absolute Gasteiger partial charge is 0.385 e. The zero-order chi connectivity index (χ0) is 10.6. The van der Waals surface area contributed by atoms with Crippen LogP contribution < -0.4 is 0 Å². The lowest BCUT2D eigenvalue weighted by molar-refractivity contribution is -0.132. The second-order valence-electron chi connectivity index (χ2n) is 4.45. The highest BCUT2D eigenvalue weighted by Crippen LogP contribution is 2.31. The molecule has 0 spiro atoms. The fourth-order valence-electron chi connectivity index (χ4n) is 2.33. The first-order valence-corrected chi connectivity index (χ1v) is 5.90. The van der Waals surface area contributed by atoms with Crippen LogP contribution in [0, 0.1) is 11.8 Å².